The Morgan fingerprint density at radius 3 is 2.96 bits per heavy atom. The zero-order valence-corrected chi connectivity index (χ0v) is 13.4. The van der Waals surface area contributed by atoms with Crippen LogP contribution in [0.1, 0.15) is 12.7 Å². The molecule has 0 fully saturated rings. The second kappa shape index (κ2) is 6.10. The van der Waals surface area contributed by atoms with Crippen molar-refractivity contribution >= 4 is 28.4 Å². The third-order valence-electron chi connectivity index (χ3n) is 3.73. The third-order valence-corrected chi connectivity index (χ3v) is 3.97. The third kappa shape index (κ3) is 3.41. The lowest BCUT2D eigenvalue weighted by Gasteiger charge is -2.21. The molecule has 6 heteroatoms. The van der Waals surface area contributed by atoms with E-state index in [0.29, 0.717) is 10.8 Å². The highest BCUT2D eigenvalue weighted by Gasteiger charge is 2.26. The minimum absolute atomic E-state index is 0.0688. The molecule has 120 valence electrons. The van der Waals surface area contributed by atoms with E-state index in [1.54, 1.807) is 19.1 Å². The van der Waals surface area contributed by atoms with E-state index < -0.39 is 5.60 Å². The number of aromatic nitrogens is 1. The van der Waals surface area contributed by atoms with Gasteiger partial charge in [-0.3, -0.25) is 4.79 Å². The summed E-state index contributed by atoms with van der Waals surface area (Å²) in [7, 11) is 0. The number of rotatable bonds is 5. The average molecular weight is 333 g/mol. The van der Waals surface area contributed by atoms with E-state index in [9.17, 15) is 9.90 Å². The molecule has 23 heavy (non-hydrogen) atoms. The highest BCUT2D eigenvalue weighted by Crippen LogP contribution is 2.21. The van der Waals surface area contributed by atoms with Crippen molar-refractivity contribution in [3.8, 4) is 0 Å². The fourth-order valence-corrected chi connectivity index (χ4v) is 2.61. The summed E-state index contributed by atoms with van der Waals surface area (Å²) in [5, 5.41) is 14.7. The lowest BCUT2D eigenvalue weighted by molar-refractivity contribution is -0.123. The number of amides is 1. The molecule has 1 atom stereocenters. The van der Waals surface area contributed by atoms with Crippen molar-refractivity contribution in [2.45, 2.75) is 19.1 Å². The molecule has 0 aliphatic heterocycles. The van der Waals surface area contributed by atoms with E-state index in [1.165, 1.54) is 6.26 Å². The summed E-state index contributed by atoms with van der Waals surface area (Å²) in [4.78, 5) is 12.1. The topological polar surface area (TPSA) is 67.4 Å². The Hall–Kier alpha value is -2.24. The van der Waals surface area contributed by atoms with Gasteiger partial charge in [0.05, 0.1) is 12.8 Å². The molecule has 3 aromatic rings. The minimum Gasteiger partial charge on any atom is -0.466 e. The number of hydrogen-bond acceptors (Lipinski definition) is 3. The molecule has 0 spiro atoms. The largest absolute Gasteiger partial charge is 0.466 e. The van der Waals surface area contributed by atoms with Crippen molar-refractivity contribution in [3.05, 3.63) is 59.6 Å². The van der Waals surface area contributed by atoms with Crippen LogP contribution in [0.3, 0.4) is 0 Å². The van der Waals surface area contributed by atoms with Gasteiger partial charge in [0.1, 0.15) is 17.9 Å². The van der Waals surface area contributed by atoms with Gasteiger partial charge in [-0.05, 0) is 42.6 Å². The van der Waals surface area contributed by atoms with Gasteiger partial charge in [-0.15, -0.1) is 0 Å². The van der Waals surface area contributed by atoms with Crippen LogP contribution in [0.5, 0.6) is 0 Å². The molecule has 2 aromatic heterocycles. The lowest BCUT2D eigenvalue weighted by Crippen LogP contribution is -2.39. The molecule has 0 aliphatic rings. The van der Waals surface area contributed by atoms with Crippen molar-refractivity contribution in [2.75, 3.05) is 6.54 Å². The Balaban J connectivity index is 1.66. The number of halogens is 1. The maximum absolute atomic E-state index is 12.1. The molecule has 0 radical (unpaired) electrons. The number of hydrogen-bond donors (Lipinski definition) is 2. The van der Waals surface area contributed by atoms with E-state index in [1.807, 2.05) is 35.0 Å². The Labute approximate surface area is 138 Å². The van der Waals surface area contributed by atoms with Crippen molar-refractivity contribution in [1.82, 2.24) is 9.88 Å². The molecule has 0 saturated carbocycles. The number of carbonyl (C=O) groups excluding carboxylic acids is 1. The van der Waals surface area contributed by atoms with Crippen molar-refractivity contribution in [1.29, 1.82) is 0 Å². The van der Waals surface area contributed by atoms with Crippen LogP contribution in [0.15, 0.2) is 53.3 Å². The summed E-state index contributed by atoms with van der Waals surface area (Å²) in [6.45, 7) is 1.81. The highest BCUT2D eigenvalue weighted by molar-refractivity contribution is 6.31. The zero-order valence-electron chi connectivity index (χ0n) is 12.6. The summed E-state index contributed by atoms with van der Waals surface area (Å²) in [6.07, 6.45) is 3.33. The first-order chi connectivity index (χ1) is 11.0. The quantitative estimate of drug-likeness (QED) is 0.755. The highest BCUT2D eigenvalue weighted by atomic mass is 35.5. The van der Waals surface area contributed by atoms with Crippen molar-refractivity contribution in [3.63, 3.8) is 0 Å². The first-order valence-electron chi connectivity index (χ1n) is 7.23. The molecular formula is C17H17ClN2O3. The van der Waals surface area contributed by atoms with E-state index in [2.05, 4.69) is 5.32 Å². The normalized spacial score (nSPS) is 13.9. The van der Waals surface area contributed by atoms with Gasteiger partial charge in [0.25, 0.3) is 0 Å². The molecule has 5 nitrogen and oxygen atoms in total. The molecular weight excluding hydrogens is 316 g/mol. The summed E-state index contributed by atoms with van der Waals surface area (Å²) < 4.78 is 7.00. The van der Waals surface area contributed by atoms with E-state index in [-0.39, 0.29) is 19.0 Å². The molecule has 3 rings (SSSR count). The monoisotopic (exact) mass is 332 g/mol. The van der Waals surface area contributed by atoms with Crippen LogP contribution in [0.25, 0.3) is 10.9 Å². The van der Waals surface area contributed by atoms with Gasteiger partial charge in [-0.2, -0.15) is 0 Å². The van der Waals surface area contributed by atoms with Gasteiger partial charge >= 0.3 is 0 Å². The number of fused-ring (bicyclic) bond motifs is 1. The predicted molar refractivity (Wildman–Crippen MR) is 88.2 cm³/mol. The van der Waals surface area contributed by atoms with Crippen LogP contribution in [-0.4, -0.2) is 22.1 Å². The van der Waals surface area contributed by atoms with Gasteiger partial charge in [-0.1, -0.05) is 17.7 Å². The molecule has 0 bridgehead atoms. The first-order valence-corrected chi connectivity index (χ1v) is 7.61. The molecule has 1 amide bonds. The summed E-state index contributed by atoms with van der Waals surface area (Å²) in [5.41, 5.74) is -0.355. The summed E-state index contributed by atoms with van der Waals surface area (Å²) in [5.74, 6) is 0.213. The molecule has 0 aliphatic carbocycles. The fraction of sp³-hybridized carbons (Fsp3) is 0.235. The van der Waals surface area contributed by atoms with Gasteiger partial charge in [0.2, 0.25) is 5.91 Å². The first kappa shape index (κ1) is 15.6. The van der Waals surface area contributed by atoms with E-state index in [4.69, 9.17) is 16.0 Å². The molecule has 2 heterocycles. The van der Waals surface area contributed by atoms with E-state index >= 15 is 0 Å². The lowest BCUT2D eigenvalue weighted by atomic mass is 10.0. The maximum Gasteiger partial charge on any atom is 0.240 e. The van der Waals surface area contributed by atoms with Crippen molar-refractivity contribution in [2.24, 2.45) is 0 Å². The number of nitrogens with zero attached hydrogens (tertiary/aromatic N) is 1. The van der Waals surface area contributed by atoms with E-state index in [0.717, 1.165) is 10.9 Å². The number of furan rings is 1. The van der Waals surface area contributed by atoms with Crippen LogP contribution in [0.4, 0.5) is 0 Å². The second-order valence-corrected chi connectivity index (χ2v) is 6.11. The maximum atomic E-state index is 12.1. The predicted octanol–water partition coefficient (Wildman–Crippen LogP) is 2.91. The number of aliphatic hydroxyl groups is 1. The van der Waals surface area contributed by atoms with Gasteiger partial charge in [0, 0.05) is 16.7 Å². The van der Waals surface area contributed by atoms with Gasteiger partial charge < -0.3 is 19.4 Å². The summed E-state index contributed by atoms with van der Waals surface area (Å²) in [6, 6.07) is 10.8. The Morgan fingerprint density at radius 2 is 2.22 bits per heavy atom. The Bertz CT molecular complexity index is 822. The van der Waals surface area contributed by atoms with Gasteiger partial charge in [0.15, 0.2) is 0 Å². The molecule has 2 N–H and O–H groups in total. The number of benzene rings is 1. The fourth-order valence-electron chi connectivity index (χ4n) is 2.45. The molecule has 1 unspecified atom stereocenters. The van der Waals surface area contributed by atoms with Crippen LogP contribution in [0.2, 0.25) is 5.02 Å². The van der Waals surface area contributed by atoms with Crippen LogP contribution >= 0.6 is 11.6 Å². The molecule has 1 aromatic carbocycles. The number of nitrogens with one attached hydrogen (secondary N) is 1. The van der Waals surface area contributed by atoms with Crippen LogP contribution in [0, 0.1) is 0 Å². The van der Waals surface area contributed by atoms with Crippen LogP contribution in [-0.2, 0) is 16.9 Å². The zero-order chi connectivity index (χ0) is 16.4. The second-order valence-electron chi connectivity index (χ2n) is 5.67. The number of carbonyl (C=O) groups is 1. The Kier molecular flexibility index (Phi) is 4.15. The SMILES string of the molecule is CC(O)(CNC(=O)Cn1ccc2ccc(Cl)cc21)c1ccco1. The van der Waals surface area contributed by atoms with Gasteiger partial charge in [-0.25, -0.2) is 0 Å². The minimum atomic E-state index is -1.25. The van der Waals surface area contributed by atoms with Crippen LogP contribution < -0.4 is 5.32 Å². The van der Waals surface area contributed by atoms with Crippen molar-refractivity contribution < 1.29 is 14.3 Å². The Morgan fingerprint density at radius 1 is 1.39 bits per heavy atom. The molecule has 0 saturated heterocycles. The smallest absolute Gasteiger partial charge is 0.240 e. The standard InChI is InChI=1S/C17H17ClN2O3/c1-17(22,15-3-2-8-23-15)11-19-16(21)10-20-7-6-12-4-5-13(18)9-14(12)20/h2-9,22H,10-11H2,1H3,(H,19,21). The summed E-state index contributed by atoms with van der Waals surface area (Å²) >= 11 is 6.00. The average Bonchev–Trinajstić information content (AvgIpc) is 3.16.